The lowest BCUT2D eigenvalue weighted by molar-refractivity contribution is -0.133. The number of hydrogen-bond acceptors (Lipinski definition) is 4. The second-order valence-electron chi connectivity index (χ2n) is 11.0. The molecular formula is C24H37N3O2. The Bertz CT molecular complexity index is 749. The van der Waals surface area contributed by atoms with E-state index >= 15 is 0 Å². The van der Waals surface area contributed by atoms with Gasteiger partial charge in [-0.05, 0) is 99.2 Å². The number of carbonyl (C=O) groups excluding carboxylic acids is 1. The van der Waals surface area contributed by atoms with E-state index in [1.165, 1.54) is 38.5 Å². The second-order valence-corrected chi connectivity index (χ2v) is 11.0. The topological polar surface area (TPSA) is 68.0 Å². The molecule has 0 radical (unpaired) electrons. The number of nitrogens with zero attached hydrogens (tertiary/aromatic N) is 3. The van der Waals surface area contributed by atoms with Gasteiger partial charge in [-0.3, -0.25) is 4.79 Å². The van der Waals surface area contributed by atoms with Crippen molar-refractivity contribution in [2.75, 3.05) is 0 Å². The maximum atomic E-state index is 13.1. The highest BCUT2D eigenvalue weighted by molar-refractivity contribution is 5.82. The zero-order valence-electron chi connectivity index (χ0n) is 18.1. The molecule has 8 atom stereocenters. The molecular weight excluding hydrogens is 362 g/mol. The van der Waals surface area contributed by atoms with Crippen LogP contribution in [0.1, 0.15) is 78.1 Å². The van der Waals surface area contributed by atoms with E-state index in [2.05, 4.69) is 24.2 Å². The molecule has 1 aromatic rings. The van der Waals surface area contributed by atoms with Gasteiger partial charge in [0.15, 0.2) is 5.78 Å². The molecule has 0 amide bonds. The van der Waals surface area contributed by atoms with Crippen LogP contribution in [-0.4, -0.2) is 31.5 Å². The van der Waals surface area contributed by atoms with E-state index in [-0.39, 0.29) is 11.3 Å². The predicted molar refractivity (Wildman–Crippen MR) is 111 cm³/mol. The molecule has 5 rings (SSSR count). The zero-order valence-corrected chi connectivity index (χ0v) is 18.1. The van der Waals surface area contributed by atoms with Crippen molar-refractivity contribution in [2.45, 2.75) is 90.2 Å². The summed E-state index contributed by atoms with van der Waals surface area (Å²) in [5, 5.41) is 18.7. The first-order valence-corrected chi connectivity index (χ1v) is 12.0. The molecule has 0 bridgehead atoms. The lowest BCUT2D eigenvalue weighted by atomic mass is 9.48. The summed E-state index contributed by atoms with van der Waals surface area (Å²) in [6, 6.07) is 0. The molecule has 29 heavy (non-hydrogen) atoms. The lowest BCUT2D eigenvalue weighted by Crippen LogP contribution is -2.51. The fourth-order valence-electron chi connectivity index (χ4n) is 8.40. The maximum absolute atomic E-state index is 13.1. The van der Waals surface area contributed by atoms with Gasteiger partial charge in [-0.2, -0.15) is 0 Å². The standard InChI is InChI=1S/C24H37N3O2/c1-3-24(29)11-9-17-16(14-24)4-5-19-18(17)8-10-23(2)20(19)6-7-21(23)22(28)15-27-13-12-25-26-27/h12-13,16-21,29H,3-11,14-15H2,1-2H3/t16-,17-,18?,19?,20?,21+,23-,24+/m0/s1. The summed E-state index contributed by atoms with van der Waals surface area (Å²) in [7, 11) is 0. The average molecular weight is 400 g/mol. The predicted octanol–water partition coefficient (Wildman–Crippen LogP) is 4.26. The number of aromatic nitrogens is 3. The van der Waals surface area contributed by atoms with Crippen LogP contribution in [0.15, 0.2) is 12.4 Å². The Labute approximate surface area is 174 Å². The Kier molecular flexibility index (Phi) is 4.88. The van der Waals surface area contributed by atoms with Gasteiger partial charge in [-0.1, -0.05) is 19.1 Å². The number of fused-ring (bicyclic) bond motifs is 5. The lowest BCUT2D eigenvalue weighted by Gasteiger charge is -2.57. The van der Waals surface area contributed by atoms with Gasteiger partial charge in [-0.15, -0.1) is 5.10 Å². The van der Waals surface area contributed by atoms with Crippen molar-refractivity contribution in [3.63, 3.8) is 0 Å². The first kappa shape index (κ1) is 19.7. The number of rotatable bonds is 4. The Morgan fingerprint density at radius 2 is 1.93 bits per heavy atom. The number of aliphatic hydroxyl groups is 1. The van der Waals surface area contributed by atoms with E-state index in [0.29, 0.717) is 18.2 Å². The van der Waals surface area contributed by atoms with Gasteiger partial charge < -0.3 is 5.11 Å². The molecule has 0 spiro atoms. The first-order chi connectivity index (χ1) is 13.9. The third-order valence-electron chi connectivity index (χ3n) is 9.94. The Morgan fingerprint density at radius 3 is 2.69 bits per heavy atom. The minimum Gasteiger partial charge on any atom is -0.390 e. The molecule has 0 aromatic carbocycles. The van der Waals surface area contributed by atoms with E-state index < -0.39 is 5.60 Å². The van der Waals surface area contributed by atoms with Crippen molar-refractivity contribution in [1.29, 1.82) is 0 Å². The van der Waals surface area contributed by atoms with Crippen molar-refractivity contribution < 1.29 is 9.90 Å². The molecule has 4 fully saturated rings. The van der Waals surface area contributed by atoms with Crippen LogP contribution in [0.4, 0.5) is 0 Å². The van der Waals surface area contributed by atoms with E-state index in [1.54, 1.807) is 17.1 Å². The molecule has 4 aliphatic rings. The van der Waals surface area contributed by atoms with Gasteiger partial charge in [-0.25, -0.2) is 4.68 Å². The van der Waals surface area contributed by atoms with Crippen LogP contribution in [0.5, 0.6) is 0 Å². The zero-order chi connectivity index (χ0) is 20.2. The summed E-state index contributed by atoms with van der Waals surface area (Å²) in [5.41, 5.74) is -0.228. The van der Waals surface area contributed by atoms with Gasteiger partial charge in [0.1, 0.15) is 6.54 Å². The fraction of sp³-hybridized carbons (Fsp3) is 0.875. The van der Waals surface area contributed by atoms with Gasteiger partial charge in [0.2, 0.25) is 0 Å². The smallest absolute Gasteiger partial charge is 0.157 e. The van der Waals surface area contributed by atoms with Crippen LogP contribution >= 0.6 is 0 Å². The van der Waals surface area contributed by atoms with Crippen LogP contribution in [0.2, 0.25) is 0 Å². The van der Waals surface area contributed by atoms with E-state index in [4.69, 9.17) is 0 Å². The fourth-order valence-corrected chi connectivity index (χ4v) is 8.40. The molecule has 0 aliphatic heterocycles. The third kappa shape index (κ3) is 3.19. The molecule has 1 N–H and O–H groups in total. The largest absolute Gasteiger partial charge is 0.390 e. The quantitative estimate of drug-likeness (QED) is 0.821. The van der Waals surface area contributed by atoms with Gasteiger partial charge >= 0.3 is 0 Å². The van der Waals surface area contributed by atoms with Gasteiger partial charge in [0.25, 0.3) is 0 Å². The Balaban J connectivity index is 1.31. The highest BCUT2D eigenvalue weighted by Crippen LogP contribution is 2.64. The van der Waals surface area contributed by atoms with Gasteiger partial charge in [0, 0.05) is 12.1 Å². The molecule has 1 heterocycles. The van der Waals surface area contributed by atoms with Crippen LogP contribution in [0, 0.1) is 40.9 Å². The average Bonchev–Trinajstić information content (AvgIpc) is 3.34. The van der Waals surface area contributed by atoms with Crippen molar-refractivity contribution in [3.8, 4) is 0 Å². The molecule has 0 saturated heterocycles. The number of hydrogen-bond donors (Lipinski definition) is 1. The molecule has 4 aliphatic carbocycles. The molecule has 1 aromatic heterocycles. The highest BCUT2D eigenvalue weighted by atomic mass is 16.3. The Morgan fingerprint density at radius 1 is 1.10 bits per heavy atom. The first-order valence-electron chi connectivity index (χ1n) is 12.0. The number of Topliss-reactive ketones (excluding diaryl/α,β-unsaturated/α-hetero) is 1. The number of ketones is 1. The van der Waals surface area contributed by atoms with Crippen LogP contribution in [-0.2, 0) is 11.3 Å². The molecule has 3 unspecified atom stereocenters. The number of carbonyl (C=O) groups is 1. The SMILES string of the molecule is CC[C@@]1(O)CC[C@@H]2C3CC[C@@]4(C)C(CC[C@@H]4C(=O)Cn4ccnn4)C3CC[C@H]2C1. The molecule has 160 valence electrons. The summed E-state index contributed by atoms with van der Waals surface area (Å²) in [5.74, 6) is 4.42. The summed E-state index contributed by atoms with van der Waals surface area (Å²) < 4.78 is 1.69. The van der Waals surface area contributed by atoms with Crippen molar-refractivity contribution >= 4 is 5.78 Å². The summed E-state index contributed by atoms with van der Waals surface area (Å²) in [6.07, 6.45) is 15.0. The highest BCUT2D eigenvalue weighted by Gasteiger charge is 2.58. The minimum absolute atomic E-state index is 0.171. The normalized spacial score (nSPS) is 46.6. The summed E-state index contributed by atoms with van der Waals surface area (Å²) in [6.45, 7) is 4.95. The van der Waals surface area contributed by atoms with E-state index in [1.807, 2.05) is 0 Å². The summed E-state index contributed by atoms with van der Waals surface area (Å²) in [4.78, 5) is 13.1. The summed E-state index contributed by atoms with van der Waals surface area (Å²) >= 11 is 0. The van der Waals surface area contributed by atoms with Crippen LogP contribution in [0.25, 0.3) is 0 Å². The second kappa shape index (κ2) is 7.18. The van der Waals surface area contributed by atoms with Crippen LogP contribution < -0.4 is 0 Å². The van der Waals surface area contributed by atoms with Crippen molar-refractivity contribution in [1.82, 2.24) is 15.0 Å². The van der Waals surface area contributed by atoms with Crippen molar-refractivity contribution in [3.05, 3.63) is 12.4 Å². The monoisotopic (exact) mass is 399 g/mol. The van der Waals surface area contributed by atoms with E-state index in [0.717, 1.165) is 49.4 Å². The van der Waals surface area contributed by atoms with Crippen molar-refractivity contribution in [2.24, 2.45) is 40.9 Å². The maximum Gasteiger partial charge on any atom is 0.157 e. The Hall–Kier alpha value is -1.23. The minimum atomic E-state index is -0.399. The molecule has 5 nitrogen and oxygen atoms in total. The van der Waals surface area contributed by atoms with Gasteiger partial charge in [0.05, 0.1) is 11.8 Å². The molecule has 4 saturated carbocycles. The van der Waals surface area contributed by atoms with Crippen LogP contribution in [0.3, 0.4) is 0 Å². The third-order valence-corrected chi connectivity index (χ3v) is 9.94. The molecule has 5 heteroatoms. The van der Waals surface area contributed by atoms with E-state index in [9.17, 15) is 9.90 Å².